The lowest BCUT2D eigenvalue weighted by molar-refractivity contribution is 0.229. The quantitative estimate of drug-likeness (QED) is 0.796. The number of rotatable bonds is 2. The number of benzene rings is 1. The van der Waals surface area contributed by atoms with E-state index in [-0.39, 0.29) is 6.03 Å². The molecule has 80 valence electrons. The molecule has 0 unspecified atom stereocenters. The lowest BCUT2D eigenvalue weighted by atomic mass is 10.2. The smallest absolute Gasteiger partial charge is 0.324 e. The van der Waals surface area contributed by atoms with Gasteiger partial charge in [0.15, 0.2) is 0 Å². The molecular weight excluding hydrogens is 190 g/mol. The molecule has 15 heavy (non-hydrogen) atoms. The summed E-state index contributed by atoms with van der Waals surface area (Å²) in [6, 6.07) is 7.91. The fourth-order valence-electron chi connectivity index (χ4n) is 1.79. The first kappa shape index (κ1) is 9.83. The van der Waals surface area contributed by atoms with Gasteiger partial charge in [-0.15, -0.1) is 0 Å². The summed E-state index contributed by atoms with van der Waals surface area (Å²) in [7, 11) is 3.69. The Hall–Kier alpha value is -1.71. The number of urea groups is 1. The summed E-state index contributed by atoms with van der Waals surface area (Å²) in [4.78, 5) is 15.3. The van der Waals surface area contributed by atoms with Gasteiger partial charge in [-0.2, -0.15) is 0 Å². The third-order valence-corrected chi connectivity index (χ3v) is 2.68. The zero-order valence-electron chi connectivity index (χ0n) is 9.03. The van der Waals surface area contributed by atoms with Crippen LogP contribution in [-0.2, 0) is 0 Å². The Morgan fingerprint density at radius 2 is 2.00 bits per heavy atom. The van der Waals surface area contributed by atoms with Crippen molar-refractivity contribution in [1.29, 1.82) is 0 Å². The van der Waals surface area contributed by atoms with Crippen molar-refractivity contribution in [3.05, 3.63) is 24.3 Å². The summed E-state index contributed by atoms with van der Waals surface area (Å²) in [6.07, 6.45) is 0. The second-order valence-electron chi connectivity index (χ2n) is 3.62. The first-order chi connectivity index (χ1) is 7.24. The number of anilines is 2. The molecule has 4 heteroatoms. The zero-order chi connectivity index (χ0) is 10.8. The van der Waals surface area contributed by atoms with Crippen LogP contribution >= 0.6 is 0 Å². The molecule has 0 saturated carbocycles. The van der Waals surface area contributed by atoms with E-state index in [0.717, 1.165) is 24.5 Å². The first-order valence-corrected chi connectivity index (χ1v) is 5.03. The van der Waals surface area contributed by atoms with Crippen LogP contribution in [0.1, 0.15) is 0 Å². The van der Waals surface area contributed by atoms with E-state index in [1.807, 2.05) is 38.4 Å². The molecule has 0 atom stereocenters. The van der Waals surface area contributed by atoms with E-state index < -0.39 is 0 Å². The Bertz CT molecular complexity index is 378. The van der Waals surface area contributed by atoms with Crippen LogP contribution in [0, 0.1) is 0 Å². The van der Waals surface area contributed by atoms with E-state index in [1.165, 1.54) is 0 Å². The van der Waals surface area contributed by atoms with E-state index >= 15 is 0 Å². The number of amides is 2. The minimum Gasteiger partial charge on any atom is -0.386 e. The lowest BCUT2D eigenvalue weighted by Gasteiger charge is -2.19. The van der Waals surface area contributed by atoms with Gasteiger partial charge in [-0.1, -0.05) is 12.1 Å². The van der Waals surface area contributed by atoms with Crippen molar-refractivity contribution in [2.24, 2.45) is 0 Å². The van der Waals surface area contributed by atoms with E-state index in [0.29, 0.717) is 0 Å². The zero-order valence-corrected chi connectivity index (χ0v) is 9.03. The van der Waals surface area contributed by atoms with Crippen molar-refractivity contribution in [1.82, 2.24) is 4.90 Å². The predicted molar refractivity (Wildman–Crippen MR) is 61.4 cm³/mol. The SMILES string of the molecule is CNc1ccccc1N1CCN(C)C1=O. The highest BCUT2D eigenvalue weighted by Gasteiger charge is 2.27. The van der Waals surface area contributed by atoms with Gasteiger partial charge in [0.2, 0.25) is 0 Å². The van der Waals surface area contributed by atoms with Crippen molar-refractivity contribution in [2.45, 2.75) is 0 Å². The van der Waals surface area contributed by atoms with Crippen LogP contribution in [0.2, 0.25) is 0 Å². The molecule has 1 aliphatic rings. The topological polar surface area (TPSA) is 35.6 Å². The van der Waals surface area contributed by atoms with Gasteiger partial charge >= 0.3 is 6.03 Å². The summed E-state index contributed by atoms with van der Waals surface area (Å²) in [5.41, 5.74) is 1.94. The minimum absolute atomic E-state index is 0.0673. The normalized spacial score (nSPS) is 16.0. The van der Waals surface area contributed by atoms with E-state index in [2.05, 4.69) is 5.32 Å². The highest BCUT2D eigenvalue weighted by molar-refractivity contribution is 5.97. The second-order valence-corrected chi connectivity index (χ2v) is 3.62. The Morgan fingerprint density at radius 3 is 2.60 bits per heavy atom. The van der Waals surface area contributed by atoms with Crippen LogP contribution < -0.4 is 10.2 Å². The van der Waals surface area contributed by atoms with Gasteiger partial charge in [0.1, 0.15) is 0 Å². The molecular formula is C11H15N3O. The van der Waals surface area contributed by atoms with Crippen LogP contribution in [0.5, 0.6) is 0 Å². The van der Waals surface area contributed by atoms with E-state index in [9.17, 15) is 4.79 Å². The summed E-state index contributed by atoms with van der Waals surface area (Å²) < 4.78 is 0. The van der Waals surface area contributed by atoms with Gasteiger partial charge in [0.05, 0.1) is 11.4 Å². The van der Waals surface area contributed by atoms with Crippen molar-refractivity contribution in [3.63, 3.8) is 0 Å². The summed E-state index contributed by atoms with van der Waals surface area (Å²) >= 11 is 0. The van der Waals surface area contributed by atoms with Crippen molar-refractivity contribution < 1.29 is 4.79 Å². The standard InChI is InChI=1S/C11H15N3O/c1-12-9-5-3-4-6-10(9)14-8-7-13(2)11(14)15/h3-6,12H,7-8H2,1-2H3. The van der Waals surface area contributed by atoms with Crippen LogP contribution in [0.4, 0.5) is 16.2 Å². The summed E-state index contributed by atoms with van der Waals surface area (Å²) in [5.74, 6) is 0. The van der Waals surface area contributed by atoms with E-state index in [4.69, 9.17) is 0 Å². The molecule has 1 aromatic rings. The molecule has 4 nitrogen and oxygen atoms in total. The van der Waals surface area contributed by atoms with Crippen LogP contribution in [0.15, 0.2) is 24.3 Å². The largest absolute Gasteiger partial charge is 0.386 e. The molecule has 1 saturated heterocycles. The van der Waals surface area contributed by atoms with Crippen molar-refractivity contribution >= 4 is 17.4 Å². The molecule has 0 radical (unpaired) electrons. The minimum atomic E-state index is 0.0673. The van der Waals surface area contributed by atoms with Gasteiger partial charge in [-0.3, -0.25) is 4.90 Å². The number of likely N-dealkylation sites (N-methyl/N-ethyl adjacent to an activating group) is 1. The fraction of sp³-hybridized carbons (Fsp3) is 0.364. The Balaban J connectivity index is 2.33. The Labute approximate surface area is 89.5 Å². The average Bonchev–Trinajstić information content (AvgIpc) is 2.60. The first-order valence-electron chi connectivity index (χ1n) is 5.03. The highest BCUT2D eigenvalue weighted by Crippen LogP contribution is 2.27. The Morgan fingerprint density at radius 1 is 1.27 bits per heavy atom. The fourth-order valence-corrected chi connectivity index (χ4v) is 1.79. The molecule has 1 N–H and O–H groups in total. The van der Waals surface area contributed by atoms with Gasteiger partial charge in [-0.25, -0.2) is 4.79 Å². The maximum absolute atomic E-state index is 11.8. The number of carbonyl (C=O) groups is 1. The van der Waals surface area contributed by atoms with Crippen LogP contribution in [-0.4, -0.2) is 38.1 Å². The van der Waals surface area contributed by atoms with E-state index in [1.54, 1.807) is 9.80 Å². The van der Waals surface area contributed by atoms with Crippen LogP contribution in [0.25, 0.3) is 0 Å². The highest BCUT2D eigenvalue weighted by atomic mass is 16.2. The molecule has 1 fully saturated rings. The second kappa shape index (κ2) is 3.81. The van der Waals surface area contributed by atoms with Crippen molar-refractivity contribution in [3.8, 4) is 0 Å². The van der Waals surface area contributed by atoms with Crippen molar-refractivity contribution in [2.75, 3.05) is 37.4 Å². The number of carbonyl (C=O) groups excluding carboxylic acids is 1. The summed E-state index contributed by atoms with van der Waals surface area (Å²) in [5, 5.41) is 3.10. The predicted octanol–water partition coefficient (Wildman–Crippen LogP) is 1.60. The number of para-hydroxylation sites is 2. The van der Waals surface area contributed by atoms with Gasteiger partial charge in [0.25, 0.3) is 0 Å². The monoisotopic (exact) mass is 205 g/mol. The summed E-state index contributed by atoms with van der Waals surface area (Å²) in [6.45, 7) is 1.55. The Kier molecular flexibility index (Phi) is 2.49. The molecule has 0 aliphatic carbocycles. The number of hydrogen-bond acceptors (Lipinski definition) is 2. The molecule has 2 rings (SSSR count). The van der Waals surface area contributed by atoms with Gasteiger partial charge in [-0.05, 0) is 12.1 Å². The average molecular weight is 205 g/mol. The van der Waals surface area contributed by atoms with Gasteiger partial charge in [0, 0.05) is 27.2 Å². The maximum atomic E-state index is 11.8. The molecule has 2 amide bonds. The maximum Gasteiger partial charge on any atom is 0.324 e. The number of nitrogens with zero attached hydrogens (tertiary/aromatic N) is 2. The number of hydrogen-bond donors (Lipinski definition) is 1. The molecule has 0 aromatic heterocycles. The third-order valence-electron chi connectivity index (χ3n) is 2.68. The van der Waals surface area contributed by atoms with Crippen LogP contribution in [0.3, 0.4) is 0 Å². The molecule has 1 aromatic carbocycles. The molecule has 1 heterocycles. The molecule has 0 bridgehead atoms. The molecule has 1 aliphatic heterocycles. The lowest BCUT2D eigenvalue weighted by Crippen LogP contribution is -2.29. The number of nitrogens with one attached hydrogen (secondary N) is 1. The third kappa shape index (κ3) is 1.63. The molecule has 0 spiro atoms. The van der Waals surface area contributed by atoms with Gasteiger partial charge < -0.3 is 10.2 Å².